The van der Waals surface area contributed by atoms with Gasteiger partial charge in [0.1, 0.15) is 0 Å². The molecule has 82 valence electrons. The second-order valence-corrected chi connectivity index (χ2v) is 3.68. The summed E-state index contributed by atoms with van der Waals surface area (Å²) in [4.78, 5) is 23.9. The minimum Gasteiger partial charge on any atom is -0.370 e. The first-order chi connectivity index (χ1) is 6.49. The molecule has 0 saturated carbocycles. The van der Waals surface area contributed by atoms with Gasteiger partial charge in [0, 0.05) is 25.9 Å². The largest absolute Gasteiger partial charge is 0.370 e. The first kappa shape index (κ1) is 12.9. The first-order valence-corrected chi connectivity index (χ1v) is 5.02. The van der Waals surface area contributed by atoms with E-state index >= 15 is 0 Å². The Morgan fingerprint density at radius 2 is 2.00 bits per heavy atom. The zero-order valence-corrected chi connectivity index (χ0v) is 9.25. The van der Waals surface area contributed by atoms with Crippen LogP contribution in [0.15, 0.2) is 0 Å². The van der Waals surface area contributed by atoms with Crippen molar-refractivity contribution in [3.63, 3.8) is 0 Å². The number of rotatable bonds is 6. The maximum atomic E-state index is 11.6. The van der Waals surface area contributed by atoms with Crippen molar-refractivity contribution in [2.75, 3.05) is 13.6 Å². The average Bonchev–Trinajstić information content (AvgIpc) is 2.11. The normalized spacial score (nSPS) is 12.2. The Hall–Kier alpha value is -1.06. The molecule has 0 aliphatic rings. The van der Waals surface area contributed by atoms with E-state index in [0.717, 1.165) is 19.4 Å². The predicted molar refractivity (Wildman–Crippen MR) is 55.5 cm³/mol. The van der Waals surface area contributed by atoms with Gasteiger partial charge in [-0.3, -0.25) is 9.59 Å². The van der Waals surface area contributed by atoms with Crippen LogP contribution in [0.5, 0.6) is 0 Å². The van der Waals surface area contributed by atoms with Gasteiger partial charge in [-0.15, -0.1) is 0 Å². The Kier molecular flexibility index (Phi) is 5.92. The minimum absolute atomic E-state index is 0.00255. The van der Waals surface area contributed by atoms with Crippen LogP contribution < -0.4 is 5.73 Å². The van der Waals surface area contributed by atoms with Gasteiger partial charge >= 0.3 is 0 Å². The number of hydrogen-bond acceptors (Lipinski definition) is 2. The van der Waals surface area contributed by atoms with Crippen LogP contribution in [0.4, 0.5) is 0 Å². The highest BCUT2D eigenvalue weighted by molar-refractivity contribution is 5.84. The van der Waals surface area contributed by atoms with E-state index in [-0.39, 0.29) is 18.2 Å². The molecule has 0 rings (SSSR count). The summed E-state index contributed by atoms with van der Waals surface area (Å²) in [6, 6.07) is 0. The zero-order chi connectivity index (χ0) is 11.1. The summed E-state index contributed by atoms with van der Waals surface area (Å²) < 4.78 is 0. The number of primary amides is 1. The fourth-order valence-corrected chi connectivity index (χ4v) is 1.27. The van der Waals surface area contributed by atoms with Crippen LogP contribution in [0.25, 0.3) is 0 Å². The molecule has 0 aromatic rings. The smallest absolute Gasteiger partial charge is 0.225 e. The Labute approximate surface area is 85.4 Å². The molecule has 0 bridgehead atoms. The number of hydrogen-bond donors (Lipinski definition) is 1. The quantitative estimate of drug-likeness (QED) is 0.688. The number of carbonyl (C=O) groups is 2. The lowest BCUT2D eigenvalue weighted by Crippen LogP contribution is -2.34. The monoisotopic (exact) mass is 200 g/mol. The summed E-state index contributed by atoms with van der Waals surface area (Å²) >= 11 is 0. The second-order valence-electron chi connectivity index (χ2n) is 3.68. The van der Waals surface area contributed by atoms with E-state index in [0.29, 0.717) is 0 Å². The molecule has 0 spiro atoms. The van der Waals surface area contributed by atoms with Crippen molar-refractivity contribution in [1.29, 1.82) is 0 Å². The van der Waals surface area contributed by atoms with E-state index in [1.807, 2.05) is 0 Å². The summed E-state index contributed by atoms with van der Waals surface area (Å²) in [5, 5.41) is 0. The molecule has 0 fully saturated rings. The van der Waals surface area contributed by atoms with Crippen molar-refractivity contribution in [1.82, 2.24) is 4.90 Å². The Morgan fingerprint density at radius 3 is 2.43 bits per heavy atom. The van der Waals surface area contributed by atoms with Crippen molar-refractivity contribution in [3.05, 3.63) is 0 Å². The summed E-state index contributed by atoms with van der Waals surface area (Å²) in [7, 11) is 1.76. The van der Waals surface area contributed by atoms with Crippen molar-refractivity contribution in [2.45, 2.75) is 33.1 Å². The lowest BCUT2D eigenvalue weighted by molar-refractivity contribution is -0.136. The third-order valence-corrected chi connectivity index (χ3v) is 2.15. The molecule has 0 heterocycles. The van der Waals surface area contributed by atoms with Gasteiger partial charge in [-0.2, -0.15) is 0 Å². The number of nitrogens with zero attached hydrogens (tertiary/aromatic N) is 1. The van der Waals surface area contributed by atoms with Crippen LogP contribution in [-0.4, -0.2) is 30.3 Å². The number of amides is 2. The maximum absolute atomic E-state index is 11.6. The molecular weight excluding hydrogens is 180 g/mol. The fourth-order valence-electron chi connectivity index (χ4n) is 1.27. The summed E-state index contributed by atoms with van der Waals surface area (Å²) in [6.45, 7) is 4.55. The molecule has 4 nitrogen and oxygen atoms in total. The van der Waals surface area contributed by atoms with Crippen molar-refractivity contribution < 1.29 is 9.59 Å². The fraction of sp³-hybridized carbons (Fsp3) is 0.800. The molecule has 0 aromatic carbocycles. The standard InChI is InChI=1S/C10H20N2O2/c1-4-5-6-12(3)10(14)8(2)7-9(11)13/h8H,4-7H2,1-3H3,(H2,11,13). The zero-order valence-electron chi connectivity index (χ0n) is 9.25. The van der Waals surface area contributed by atoms with E-state index in [4.69, 9.17) is 5.73 Å². The highest BCUT2D eigenvalue weighted by Crippen LogP contribution is 2.06. The number of unbranched alkanes of at least 4 members (excludes halogenated alkanes) is 1. The SMILES string of the molecule is CCCCN(C)C(=O)C(C)CC(N)=O. The number of nitrogens with two attached hydrogens (primary N) is 1. The van der Waals surface area contributed by atoms with Crippen LogP contribution in [0, 0.1) is 5.92 Å². The Balaban J connectivity index is 3.97. The lowest BCUT2D eigenvalue weighted by Gasteiger charge is -2.20. The molecule has 0 radical (unpaired) electrons. The second kappa shape index (κ2) is 6.40. The topological polar surface area (TPSA) is 63.4 Å². The lowest BCUT2D eigenvalue weighted by atomic mass is 10.1. The van der Waals surface area contributed by atoms with Crippen LogP contribution in [0.1, 0.15) is 33.1 Å². The number of carbonyl (C=O) groups excluding carboxylic acids is 2. The highest BCUT2D eigenvalue weighted by Gasteiger charge is 2.18. The molecule has 1 unspecified atom stereocenters. The third-order valence-electron chi connectivity index (χ3n) is 2.15. The molecule has 0 aliphatic heterocycles. The van der Waals surface area contributed by atoms with Crippen molar-refractivity contribution in [3.8, 4) is 0 Å². The maximum Gasteiger partial charge on any atom is 0.225 e. The van der Waals surface area contributed by atoms with Crippen molar-refractivity contribution >= 4 is 11.8 Å². The van der Waals surface area contributed by atoms with Gasteiger partial charge in [-0.25, -0.2) is 0 Å². The van der Waals surface area contributed by atoms with Gasteiger partial charge in [0.15, 0.2) is 0 Å². The van der Waals surface area contributed by atoms with E-state index < -0.39 is 5.91 Å². The van der Waals surface area contributed by atoms with Gasteiger partial charge < -0.3 is 10.6 Å². The van der Waals surface area contributed by atoms with Gasteiger partial charge in [0.25, 0.3) is 0 Å². The molecule has 2 N–H and O–H groups in total. The molecule has 1 atom stereocenters. The minimum atomic E-state index is -0.422. The molecule has 4 heteroatoms. The Bertz CT molecular complexity index is 204. The molecule has 14 heavy (non-hydrogen) atoms. The molecule has 0 aliphatic carbocycles. The van der Waals surface area contributed by atoms with E-state index in [9.17, 15) is 9.59 Å². The molecule has 0 aromatic heterocycles. The summed E-state index contributed by atoms with van der Waals surface area (Å²) in [6.07, 6.45) is 2.18. The Morgan fingerprint density at radius 1 is 1.43 bits per heavy atom. The van der Waals surface area contributed by atoms with Crippen LogP contribution in [-0.2, 0) is 9.59 Å². The molecular formula is C10H20N2O2. The van der Waals surface area contributed by atoms with Gasteiger partial charge in [0.05, 0.1) is 0 Å². The average molecular weight is 200 g/mol. The van der Waals surface area contributed by atoms with Crippen LogP contribution in [0.2, 0.25) is 0 Å². The van der Waals surface area contributed by atoms with E-state index in [2.05, 4.69) is 6.92 Å². The summed E-state index contributed by atoms with van der Waals surface area (Å²) in [5.41, 5.74) is 5.02. The van der Waals surface area contributed by atoms with Gasteiger partial charge in [-0.1, -0.05) is 20.3 Å². The first-order valence-electron chi connectivity index (χ1n) is 5.02. The van der Waals surface area contributed by atoms with Crippen molar-refractivity contribution in [2.24, 2.45) is 11.7 Å². The third kappa shape index (κ3) is 4.84. The highest BCUT2D eigenvalue weighted by atomic mass is 16.2. The molecule has 2 amide bonds. The predicted octanol–water partition coefficient (Wildman–Crippen LogP) is 0.756. The van der Waals surface area contributed by atoms with E-state index in [1.54, 1.807) is 18.9 Å². The van der Waals surface area contributed by atoms with Gasteiger partial charge in [-0.05, 0) is 6.42 Å². The van der Waals surface area contributed by atoms with E-state index in [1.165, 1.54) is 0 Å². The van der Waals surface area contributed by atoms with Crippen LogP contribution in [0.3, 0.4) is 0 Å². The van der Waals surface area contributed by atoms with Gasteiger partial charge in [0.2, 0.25) is 11.8 Å². The summed E-state index contributed by atoms with van der Waals surface area (Å²) in [5.74, 6) is -0.721. The molecule has 0 saturated heterocycles. The van der Waals surface area contributed by atoms with Crippen LogP contribution >= 0.6 is 0 Å².